The Morgan fingerprint density at radius 2 is 2.14 bits per heavy atom. The molecule has 1 N–H and O–H groups in total. The molecule has 1 aliphatic rings. The molecule has 7 heteroatoms. The van der Waals surface area contributed by atoms with Gasteiger partial charge in [-0.15, -0.1) is 11.3 Å². The van der Waals surface area contributed by atoms with E-state index in [4.69, 9.17) is 4.74 Å². The van der Waals surface area contributed by atoms with Gasteiger partial charge in [-0.05, 0) is 31.9 Å². The molecule has 1 fully saturated rings. The fourth-order valence-electron chi connectivity index (χ4n) is 2.39. The standard InChI is InChI=1S/C14H24N2O3S2/c1-3-6-15-10-13-9-14(11-20-13)21(17,18)16(2)12-4-7-19-8-5-12/h9,11-12,15H,3-8,10H2,1-2H3. The third-order valence-corrected chi connectivity index (χ3v) is 6.71. The molecule has 21 heavy (non-hydrogen) atoms. The topological polar surface area (TPSA) is 58.6 Å². The van der Waals surface area contributed by atoms with E-state index < -0.39 is 10.0 Å². The normalized spacial score (nSPS) is 17.5. The summed E-state index contributed by atoms with van der Waals surface area (Å²) < 4.78 is 32.1. The molecule has 0 bridgehead atoms. The molecule has 0 aliphatic carbocycles. The monoisotopic (exact) mass is 332 g/mol. The Kier molecular flexibility index (Phi) is 6.19. The van der Waals surface area contributed by atoms with Crippen LogP contribution < -0.4 is 5.32 Å². The van der Waals surface area contributed by atoms with E-state index >= 15 is 0 Å². The summed E-state index contributed by atoms with van der Waals surface area (Å²) in [4.78, 5) is 1.47. The molecule has 2 rings (SSSR count). The van der Waals surface area contributed by atoms with Gasteiger partial charge >= 0.3 is 0 Å². The average Bonchev–Trinajstić information content (AvgIpc) is 2.97. The Balaban J connectivity index is 2.04. The first kappa shape index (κ1) is 16.9. The summed E-state index contributed by atoms with van der Waals surface area (Å²) >= 11 is 1.50. The minimum Gasteiger partial charge on any atom is -0.381 e. The number of hydrogen-bond donors (Lipinski definition) is 1. The highest BCUT2D eigenvalue weighted by molar-refractivity contribution is 7.89. The maximum Gasteiger partial charge on any atom is 0.243 e. The molecule has 0 spiro atoms. The van der Waals surface area contributed by atoms with Crippen molar-refractivity contribution >= 4 is 21.4 Å². The van der Waals surface area contributed by atoms with Gasteiger partial charge in [0.1, 0.15) is 0 Å². The summed E-state index contributed by atoms with van der Waals surface area (Å²) in [7, 11) is -1.71. The summed E-state index contributed by atoms with van der Waals surface area (Å²) in [5.41, 5.74) is 0. The molecule has 1 aromatic rings. The van der Waals surface area contributed by atoms with Gasteiger partial charge in [-0.2, -0.15) is 4.31 Å². The van der Waals surface area contributed by atoms with E-state index in [0.29, 0.717) is 18.1 Å². The van der Waals surface area contributed by atoms with Gasteiger partial charge in [-0.3, -0.25) is 0 Å². The van der Waals surface area contributed by atoms with E-state index in [2.05, 4.69) is 12.2 Å². The SMILES string of the molecule is CCCNCc1cc(S(=O)(=O)N(C)C2CCOCC2)cs1. The molecule has 2 heterocycles. The van der Waals surface area contributed by atoms with Crippen LogP contribution >= 0.6 is 11.3 Å². The Labute approximate surface area is 131 Å². The Hall–Kier alpha value is -0.470. The van der Waals surface area contributed by atoms with Crippen LogP contribution in [0.5, 0.6) is 0 Å². The molecule has 0 amide bonds. The Morgan fingerprint density at radius 1 is 1.43 bits per heavy atom. The van der Waals surface area contributed by atoms with E-state index in [1.54, 1.807) is 18.5 Å². The fourth-order valence-corrected chi connectivity index (χ4v) is 5.04. The molecule has 0 unspecified atom stereocenters. The molecule has 5 nitrogen and oxygen atoms in total. The van der Waals surface area contributed by atoms with Crippen LogP contribution in [0, 0.1) is 0 Å². The summed E-state index contributed by atoms with van der Waals surface area (Å²) in [6.45, 7) is 5.07. The van der Waals surface area contributed by atoms with Crippen LogP contribution in [0.3, 0.4) is 0 Å². The number of hydrogen-bond acceptors (Lipinski definition) is 5. The predicted octanol–water partition coefficient (Wildman–Crippen LogP) is 2.05. The minimum atomic E-state index is -3.39. The van der Waals surface area contributed by atoms with Crippen molar-refractivity contribution < 1.29 is 13.2 Å². The van der Waals surface area contributed by atoms with Crippen LogP contribution in [-0.4, -0.2) is 45.6 Å². The molecular weight excluding hydrogens is 308 g/mol. The highest BCUT2D eigenvalue weighted by Crippen LogP contribution is 2.25. The molecule has 120 valence electrons. The lowest BCUT2D eigenvalue weighted by atomic mass is 10.1. The lowest BCUT2D eigenvalue weighted by Crippen LogP contribution is -2.40. The molecule has 0 aromatic carbocycles. The van der Waals surface area contributed by atoms with Crippen molar-refractivity contribution in [3.05, 3.63) is 16.3 Å². The quantitative estimate of drug-likeness (QED) is 0.777. The minimum absolute atomic E-state index is 0.0466. The van der Waals surface area contributed by atoms with Crippen molar-refractivity contribution in [1.29, 1.82) is 0 Å². The maximum absolute atomic E-state index is 12.6. The molecule has 1 saturated heterocycles. The van der Waals surface area contributed by atoms with Gasteiger partial charge in [0.2, 0.25) is 10.0 Å². The van der Waals surface area contributed by atoms with Gasteiger partial charge in [0.05, 0.1) is 4.90 Å². The lowest BCUT2D eigenvalue weighted by molar-refractivity contribution is 0.0632. The highest BCUT2D eigenvalue weighted by Gasteiger charge is 2.29. The summed E-state index contributed by atoms with van der Waals surface area (Å²) in [6, 6.07) is 1.84. The molecule has 1 aromatic heterocycles. The smallest absolute Gasteiger partial charge is 0.243 e. The number of nitrogens with one attached hydrogen (secondary N) is 1. The third kappa shape index (κ3) is 4.26. The average molecular weight is 332 g/mol. The van der Waals surface area contributed by atoms with Crippen molar-refractivity contribution in [2.75, 3.05) is 26.8 Å². The van der Waals surface area contributed by atoms with Crippen LogP contribution in [0.4, 0.5) is 0 Å². The zero-order valence-corrected chi connectivity index (χ0v) is 14.3. The van der Waals surface area contributed by atoms with E-state index in [0.717, 1.165) is 37.2 Å². The predicted molar refractivity (Wildman–Crippen MR) is 85.1 cm³/mol. The van der Waals surface area contributed by atoms with Crippen LogP contribution in [0.15, 0.2) is 16.3 Å². The van der Waals surface area contributed by atoms with Crippen LogP contribution in [0.1, 0.15) is 31.1 Å². The van der Waals surface area contributed by atoms with Crippen molar-refractivity contribution in [3.63, 3.8) is 0 Å². The van der Waals surface area contributed by atoms with E-state index in [9.17, 15) is 8.42 Å². The number of thiophene rings is 1. The van der Waals surface area contributed by atoms with Crippen molar-refractivity contribution in [2.24, 2.45) is 0 Å². The van der Waals surface area contributed by atoms with Crippen molar-refractivity contribution in [1.82, 2.24) is 9.62 Å². The van der Waals surface area contributed by atoms with E-state index in [-0.39, 0.29) is 6.04 Å². The number of rotatable bonds is 7. The Bertz CT molecular complexity index is 536. The Morgan fingerprint density at radius 3 is 2.81 bits per heavy atom. The first-order valence-electron chi connectivity index (χ1n) is 7.39. The van der Waals surface area contributed by atoms with Crippen LogP contribution in [0.2, 0.25) is 0 Å². The van der Waals surface area contributed by atoms with Crippen LogP contribution in [0.25, 0.3) is 0 Å². The highest BCUT2D eigenvalue weighted by atomic mass is 32.2. The second-order valence-corrected chi connectivity index (χ2v) is 8.28. The van der Waals surface area contributed by atoms with Gasteiger partial charge in [0.25, 0.3) is 0 Å². The van der Waals surface area contributed by atoms with Gasteiger partial charge in [0.15, 0.2) is 0 Å². The summed E-state index contributed by atoms with van der Waals surface area (Å²) in [5, 5.41) is 5.04. The zero-order valence-electron chi connectivity index (χ0n) is 12.7. The maximum atomic E-state index is 12.6. The molecule has 0 atom stereocenters. The number of sulfonamides is 1. The van der Waals surface area contributed by atoms with Crippen molar-refractivity contribution in [2.45, 2.75) is 43.7 Å². The second kappa shape index (κ2) is 7.69. The van der Waals surface area contributed by atoms with Gasteiger partial charge in [-0.1, -0.05) is 6.92 Å². The third-order valence-electron chi connectivity index (χ3n) is 3.74. The molecule has 0 radical (unpaired) electrons. The largest absolute Gasteiger partial charge is 0.381 e. The van der Waals surface area contributed by atoms with Gasteiger partial charge < -0.3 is 10.1 Å². The van der Waals surface area contributed by atoms with Crippen molar-refractivity contribution in [3.8, 4) is 0 Å². The van der Waals surface area contributed by atoms with E-state index in [1.807, 2.05) is 0 Å². The summed E-state index contributed by atoms with van der Waals surface area (Å²) in [5.74, 6) is 0. The molecule has 1 aliphatic heterocycles. The second-order valence-electron chi connectivity index (χ2n) is 5.29. The molecular formula is C14H24N2O3S2. The number of nitrogens with zero attached hydrogens (tertiary/aromatic N) is 1. The first-order valence-corrected chi connectivity index (χ1v) is 9.71. The first-order chi connectivity index (χ1) is 10.1. The lowest BCUT2D eigenvalue weighted by Gasteiger charge is -2.30. The summed E-state index contributed by atoms with van der Waals surface area (Å²) in [6.07, 6.45) is 2.61. The molecule has 0 saturated carbocycles. The zero-order chi connectivity index (χ0) is 15.3. The van der Waals surface area contributed by atoms with Gasteiger partial charge in [0, 0.05) is 43.1 Å². The number of ether oxygens (including phenoxy) is 1. The van der Waals surface area contributed by atoms with Gasteiger partial charge in [-0.25, -0.2) is 8.42 Å². The van der Waals surface area contributed by atoms with E-state index in [1.165, 1.54) is 15.6 Å². The fraction of sp³-hybridized carbons (Fsp3) is 0.714. The van der Waals surface area contributed by atoms with Crippen LogP contribution in [-0.2, 0) is 21.3 Å².